The third-order valence-corrected chi connectivity index (χ3v) is 3.67. The van der Waals surface area contributed by atoms with Crippen molar-refractivity contribution in [2.75, 3.05) is 30.5 Å². The zero-order valence-corrected chi connectivity index (χ0v) is 14.3. The minimum absolute atomic E-state index is 0.105. The maximum Gasteiger partial charge on any atom is 0.388 e. The van der Waals surface area contributed by atoms with Crippen LogP contribution in [0.15, 0.2) is 12.3 Å². The van der Waals surface area contributed by atoms with Crippen LogP contribution in [0.5, 0.6) is 5.88 Å². The lowest BCUT2D eigenvalue weighted by molar-refractivity contribution is -0.0925. The van der Waals surface area contributed by atoms with Crippen molar-refractivity contribution in [2.45, 2.75) is 25.7 Å². The highest BCUT2D eigenvalue weighted by Crippen LogP contribution is 2.21. The second-order valence-corrected chi connectivity index (χ2v) is 5.60. The Kier molecular flexibility index (Phi) is 5.94. The fourth-order valence-corrected chi connectivity index (χ4v) is 2.39. The topological polar surface area (TPSA) is 130 Å². The number of hydrogen-bond acceptors (Lipinski definition) is 9. The van der Waals surface area contributed by atoms with E-state index < -0.39 is 6.61 Å². The van der Waals surface area contributed by atoms with Crippen LogP contribution in [0.2, 0.25) is 0 Å². The monoisotopic (exact) mass is 381 g/mol. The smallest absolute Gasteiger partial charge is 0.388 e. The molecule has 0 aromatic carbocycles. The molecule has 0 aliphatic carbocycles. The first kappa shape index (κ1) is 18.7. The van der Waals surface area contributed by atoms with Gasteiger partial charge < -0.3 is 24.8 Å². The number of aromatic nitrogens is 4. The van der Waals surface area contributed by atoms with Crippen LogP contribution in [0.25, 0.3) is 0 Å². The van der Waals surface area contributed by atoms with E-state index in [4.69, 9.17) is 9.47 Å². The molecular weight excluding hydrogens is 364 g/mol. The van der Waals surface area contributed by atoms with E-state index in [2.05, 4.69) is 35.5 Å². The molecule has 10 nitrogen and oxygen atoms in total. The number of ether oxygens (including phenoxy) is 3. The second-order valence-electron chi connectivity index (χ2n) is 5.60. The van der Waals surface area contributed by atoms with Crippen LogP contribution in [0.4, 0.5) is 26.2 Å². The second kappa shape index (κ2) is 8.56. The molecule has 3 rings (SSSR count). The van der Waals surface area contributed by atoms with Crippen molar-refractivity contribution < 1.29 is 23.0 Å². The first-order valence-electron chi connectivity index (χ1n) is 8.05. The first-order chi connectivity index (χ1) is 13.0. The number of anilines is 3. The molecule has 12 heteroatoms. The van der Waals surface area contributed by atoms with E-state index in [1.165, 1.54) is 12.3 Å². The van der Waals surface area contributed by atoms with E-state index in [1.54, 1.807) is 0 Å². The molecule has 2 atom stereocenters. The van der Waals surface area contributed by atoms with Crippen molar-refractivity contribution >= 4 is 17.5 Å². The maximum absolute atomic E-state index is 12.2. The normalized spacial score (nSPS) is 18.0. The molecule has 0 saturated carbocycles. The molecule has 0 radical (unpaired) electrons. The van der Waals surface area contributed by atoms with Crippen molar-refractivity contribution in [2.24, 2.45) is 0 Å². The zero-order valence-electron chi connectivity index (χ0n) is 14.3. The standard InChI is InChI=1S/C15H17F2N7O3/c1-8(10-7-25-2-3-26-10)20-14-9(5-18)19-6-12(22-14)21-11-4-13(24-23-11)27-15(16)17/h4,6,8,10,15H,2-3,7H2,1H3,(H3,20,21,22,23,24)/t8-,10+/m0/s1. The number of nitrogens with zero attached hydrogens (tertiary/aromatic N) is 4. The summed E-state index contributed by atoms with van der Waals surface area (Å²) in [4.78, 5) is 8.33. The van der Waals surface area contributed by atoms with Gasteiger partial charge in [-0.1, -0.05) is 0 Å². The van der Waals surface area contributed by atoms with Crippen molar-refractivity contribution in [3.63, 3.8) is 0 Å². The van der Waals surface area contributed by atoms with Crippen LogP contribution >= 0.6 is 0 Å². The molecule has 3 heterocycles. The van der Waals surface area contributed by atoms with E-state index in [1.807, 2.05) is 13.0 Å². The lowest BCUT2D eigenvalue weighted by Crippen LogP contribution is -2.41. The molecular formula is C15H17F2N7O3. The predicted octanol–water partition coefficient (Wildman–Crippen LogP) is 1.63. The lowest BCUT2D eigenvalue weighted by Gasteiger charge is -2.29. The third-order valence-electron chi connectivity index (χ3n) is 3.67. The Morgan fingerprint density at radius 3 is 2.96 bits per heavy atom. The molecule has 3 N–H and O–H groups in total. The molecule has 27 heavy (non-hydrogen) atoms. The van der Waals surface area contributed by atoms with Crippen LogP contribution in [0.3, 0.4) is 0 Å². The molecule has 0 amide bonds. The molecule has 1 aliphatic heterocycles. The summed E-state index contributed by atoms with van der Waals surface area (Å²) < 4.78 is 39.6. The van der Waals surface area contributed by atoms with Crippen LogP contribution in [0.1, 0.15) is 12.6 Å². The highest BCUT2D eigenvalue weighted by molar-refractivity contribution is 5.57. The minimum Gasteiger partial charge on any atom is -0.417 e. The van der Waals surface area contributed by atoms with Crippen molar-refractivity contribution in [3.8, 4) is 11.9 Å². The fourth-order valence-electron chi connectivity index (χ4n) is 2.39. The molecule has 1 aliphatic rings. The summed E-state index contributed by atoms with van der Waals surface area (Å²) in [5.41, 5.74) is 0.105. The Bertz CT molecular complexity index is 805. The molecule has 2 aromatic rings. The summed E-state index contributed by atoms with van der Waals surface area (Å²) in [5, 5.41) is 21.2. The van der Waals surface area contributed by atoms with Gasteiger partial charge in [-0.15, -0.1) is 0 Å². The summed E-state index contributed by atoms with van der Waals surface area (Å²) >= 11 is 0. The lowest BCUT2D eigenvalue weighted by atomic mass is 10.2. The molecule has 0 spiro atoms. The van der Waals surface area contributed by atoms with Gasteiger partial charge in [0.2, 0.25) is 5.88 Å². The molecule has 2 aromatic heterocycles. The number of halogens is 2. The van der Waals surface area contributed by atoms with Gasteiger partial charge in [-0.2, -0.15) is 19.1 Å². The Hall–Kier alpha value is -3.04. The van der Waals surface area contributed by atoms with Crippen LogP contribution in [-0.4, -0.2) is 58.7 Å². The number of hydrogen-bond donors (Lipinski definition) is 3. The number of nitriles is 1. The Morgan fingerprint density at radius 2 is 2.26 bits per heavy atom. The summed E-state index contributed by atoms with van der Waals surface area (Å²) in [6.45, 7) is 0.395. The predicted molar refractivity (Wildman–Crippen MR) is 88.9 cm³/mol. The summed E-state index contributed by atoms with van der Waals surface area (Å²) in [6.07, 6.45) is 1.14. The quantitative estimate of drug-likeness (QED) is 0.655. The highest BCUT2D eigenvalue weighted by Gasteiger charge is 2.23. The molecule has 1 fully saturated rings. The summed E-state index contributed by atoms with van der Waals surface area (Å²) in [7, 11) is 0. The van der Waals surface area contributed by atoms with Gasteiger partial charge in [0.25, 0.3) is 0 Å². The van der Waals surface area contributed by atoms with Gasteiger partial charge in [-0.05, 0) is 6.92 Å². The van der Waals surface area contributed by atoms with Crippen LogP contribution < -0.4 is 15.4 Å². The fraction of sp³-hybridized carbons (Fsp3) is 0.467. The summed E-state index contributed by atoms with van der Waals surface area (Å²) in [6, 6.07) is 3.02. The van der Waals surface area contributed by atoms with Crippen LogP contribution in [-0.2, 0) is 9.47 Å². The van der Waals surface area contributed by atoms with E-state index in [0.717, 1.165) is 0 Å². The van der Waals surface area contributed by atoms with Gasteiger partial charge >= 0.3 is 6.61 Å². The third kappa shape index (κ3) is 4.99. The SMILES string of the molecule is C[C@H](Nc1nc(Nc2cc(OC(F)F)[nH]n2)cnc1C#N)[C@H]1COCCO1. The van der Waals surface area contributed by atoms with E-state index in [-0.39, 0.29) is 41.2 Å². The Morgan fingerprint density at radius 1 is 1.41 bits per heavy atom. The molecule has 0 bridgehead atoms. The number of nitrogens with one attached hydrogen (secondary N) is 3. The number of rotatable bonds is 7. The molecule has 0 unspecified atom stereocenters. The van der Waals surface area contributed by atoms with Gasteiger partial charge in [-0.3, -0.25) is 0 Å². The number of H-pyrrole nitrogens is 1. The molecule has 1 saturated heterocycles. The average Bonchev–Trinajstić information content (AvgIpc) is 3.08. The molecule has 144 valence electrons. The maximum atomic E-state index is 12.2. The van der Waals surface area contributed by atoms with Gasteiger partial charge in [0.05, 0.1) is 32.1 Å². The zero-order chi connectivity index (χ0) is 19.2. The minimum atomic E-state index is -2.96. The van der Waals surface area contributed by atoms with Crippen molar-refractivity contribution in [1.29, 1.82) is 5.26 Å². The number of aromatic amines is 1. The van der Waals surface area contributed by atoms with Gasteiger partial charge in [-0.25, -0.2) is 15.1 Å². The number of alkyl halides is 2. The van der Waals surface area contributed by atoms with Gasteiger partial charge in [0.15, 0.2) is 23.1 Å². The van der Waals surface area contributed by atoms with Gasteiger partial charge in [0.1, 0.15) is 12.2 Å². The average molecular weight is 381 g/mol. The van der Waals surface area contributed by atoms with Gasteiger partial charge in [0, 0.05) is 6.07 Å². The summed E-state index contributed by atoms with van der Waals surface area (Å²) in [5.74, 6) is 0.520. The largest absolute Gasteiger partial charge is 0.417 e. The van der Waals surface area contributed by atoms with Crippen LogP contribution in [0, 0.1) is 11.3 Å². The van der Waals surface area contributed by atoms with E-state index in [9.17, 15) is 14.0 Å². The van der Waals surface area contributed by atoms with E-state index >= 15 is 0 Å². The Labute approximate surface area is 152 Å². The Balaban J connectivity index is 1.71. The van der Waals surface area contributed by atoms with Crippen molar-refractivity contribution in [1.82, 2.24) is 20.2 Å². The van der Waals surface area contributed by atoms with Crippen molar-refractivity contribution in [3.05, 3.63) is 18.0 Å². The first-order valence-corrected chi connectivity index (χ1v) is 8.05. The highest BCUT2D eigenvalue weighted by atomic mass is 19.3. The van der Waals surface area contributed by atoms with E-state index in [0.29, 0.717) is 19.8 Å².